The molecule has 0 aliphatic rings. The third kappa shape index (κ3) is 3.31. The van der Waals surface area contributed by atoms with Gasteiger partial charge >= 0.3 is 0 Å². The van der Waals surface area contributed by atoms with Crippen molar-refractivity contribution >= 4 is 23.0 Å². The number of nitrogens with one attached hydrogen (secondary N) is 1. The van der Waals surface area contributed by atoms with Gasteiger partial charge in [-0.15, -0.1) is 0 Å². The van der Waals surface area contributed by atoms with Crippen molar-refractivity contribution in [3.05, 3.63) is 33.3 Å². The maximum Gasteiger partial charge on any atom is 0.293 e. The molecule has 5 nitrogen and oxygen atoms in total. The molecule has 0 aliphatic heterocycles. The van der Waals surface area contributed by atoms with Crippen LogP contribution in [0.1, 0.15) is 13.8 Å². The number of halogens is 1. The van der Waals surface area contributed by atoms with Crippen LogP contribution in [0.3, 0.4) is 0 Å². The average molecular weight is 259 g/mol. The van der Waals surface area contributed by atoms with Crippen LogP contribution in [0.25, 0.3) is 0 Å². The van der Waals surface area contributed by atoms with Crippen LogP contribution < -0.4 is 5.32 Å². The van der Waals surface area contributed by atoms with Crippen LogP contribution in [0.15, 0.2) is 18.2 Å². The summed E-state index contributed by atoms with van der Waals surface area (Å²) in [5.41, 5.74) is 0.170. The zero-order valence-electron chi connectivity index (χ0n) is 9.68. The average Bonchev–Trinajstić information content (AvgIpc) is 2.26. The molecule has 0 aliphatic carbocycles. The van der Waals surface area contributed by atoms with Gasteiger partial charge in [0.15, 0.2) is 0 Å². The van der Waals surface area contributed by atoms with Gasteiger partial charge in [-0.1, -0.05) is 31.5 Å². The highest BCUT2D eigenvalue weighted by Gasteiger charge is 2.21. The van der Waals surface area contributed by atoms with Crippen LogP contribution in [0.2, 0.25) is 5.02 Å². The van der Waals surface area contributed by atoms with Crippen molar-refractivity contribution in [3.63, 3.8) is 0 Å². The van der Waals surface area contributed by atoms with Crippen LogP contribution in [-0.2, 0) is 0 Å². The highest BCUT2D eigenvalue weighted by Crippen LogP contribution is 2.32. The van der Waals surface area contributed by atoms with E-state index >= 15 is 0 Å². The Morgan fingerprint density at radius 3 is 2.65 bits per heavy atom. The summed E-state index contributed by atoms with van der Waals surface area (Å²) in [7, 11) is 0. The number of aliphatic hydroxyl groups excluding tert-OH is 1. The van der Waals surface area contributed by atoms with Gasteiger partial charge in [0.05, 0.1) is 22.6 Å². The second kappa shape index (κ2) is 5.84. The zero-order chi connectivity index (χ0) is 13.0. The Hall–Kier alpha value is -1.33. The van der Waals surface area contributed by atoms with Gasteiger partial charge in [0.2, 0.25) is 0 Å². The van der Waals surface area contributed by atoms with Crippen molar-refractivity contribution < 1.29 is 10.0 Å². The largest absolute Gasteiger partial charge is 0.394 e. The molecule has 0 fully saturated rings. The van der Waals surface area contributed by atoms with Gasteiger partial charge in [0, 0.05) is 6.07 Å². The van der Waals surface area contributed by atoms with E-state index in [1.165, 1.54) is 12.1 Å². The molecule has 0 radical (unpaired) electrons. The molecule has 1 aromatic carbocycles. The van der Waals surface area contributed by atoms with E-state index in [0.717, 1.165) is 0 Å². The molecule has 6 heteroatoms. The molecule has 1 rings (SSSR count). The second-order valence-electron chi connectivity index (χ2n) is 4.07. The SMILES string of the molecule is CC(C)[C@@H](CO)Nc1c(Cl)cccc1[N+](=O)[O-]. The van der Waals surface area contributed by atoms with Crippen LogP contribution >= 0.6 is 11.6 Å². The molecule has 94 valence electrons. The molecule has 0 heterocycles. The summed E-state index contributed by atoms with van der Waals surface area (Å²) in [6, 6.07) is 4.21. The van der Waals surface area contributed by atoms with E-state index in [-0.39, 0.29) is 35.0 Å². The summed E-state index contributed by atoms with van der Waals surface area (Å²) in [6.07, 6.45) is 0. The van der Waals surface area contributed by atoms with E-state index in [0.29, 0.717) is 0 Å². The Morgan fingerprint density at radius 2 is 2.18 bits per heavy atom. The van der Waals surface area contributed by atoms with Gasteiger partial charge in [0.25, 0.3) is 5.69 Å². The van der Waals surface area contributed by atoms with Gasteiger partial charge in [-0.25, -0.2) is 0 Å². The first kappa shape index (κ1) is 13.7. The number of nitrogens with zero attached hydrogens (tertiary/aromatic N) is 1. The quantitative estimate of drug-likeness (QED) is 0.629. The highest BCUT2D eigenvalue weighted by atomic mass is 35.5. The van der Waals surface area contributed by atoms with Gasteiger partial charge in [-0.05, 0) is 12.0 Å². The van der Waals surface area contributed by atoms with Gasteiger partial charge < -0.3 is 10.4 Å². The van der Waals surface area contributed by atoms with Crippen molar-refractivity contribution in [1.82, 2.24) is 0 Å². The predicted molar refractivity (Wildman–Crippen MR) is 67.4 cm³/mol. The van der Waals surface area contributed by atoms with Crippen molar-refractivity contribution in [2.75, 3.05) is 11.9 Å². The molecule has 0 unspecified atom stereocenters. The molecular weight excluding hydrogens is 244 g/mol. The number of rotatable bonds is 5. The standard InChI is InChI=1S/C11H15ClN2O3/c1-7(2)9(6-15)13-11-8(12)4-3-5-10(11)14(16)17/h3-5,7,9,13,15H,6H2,1-2H3/t9-/m1/s1. The van der Waals surface area contributed by atoms with Crippen LogP contribution in [0.4, 0.5) is 11.4 Å². The molecule has 0 saturated heterocycles. The van der Waals surface area contributed by atoms with E-state index in [2.05, 4.69) is 5.32 Å². The summed E-state index contributed by atoms with van der Waals surface area (Å²) in [5, 5.41) is 23.3. The summed E-state index contributed by atoms with van der Waals surface area (Å²) < 4.78 is 0. The van der Waals surface area contributed by atoms with Crippen molar-refractivity contribution in [2.45, 2.75) is 19.9 Å². The summed E-state index contributed by atoms with van der Waals surface area (Å²) in [4.78, 5) is 10.4. The number of nitro groups is 1. The Morgan fingerprint density at radius 1 is 1.53 bits per heavy atom. The zero-order valence-corrected chi connectivity index (χ0v) is 10.4. The fraction of sp³-hybridized carbons (Fsp3) is 0.455. The Kier molecular flexibility index (Phi) is 4.72. The molecule has 1 atom stereocenters. The number of anilines is 1. The summed E-state index contributed by atoms with van der Waals surface area (Å²) >= 11 is 5.93. The number of para-hydroxylation sites is 1. The first-order chi connectivity index (χ1) is 7.97. The second-order valence-corrected chi connectivity index (χ2v) is 4.48. The lowest BCUT2D eigenvalue weighted by molar-refractivity contribution is -0.384. The maximum atomic E-state index is 10.9. The molecule has 1 aromatic rings. The van der Waals surface area contributed by atoms with Gasteiger partial charge in [-0.2, -0.15) is 0 Å². The lowest BCUT2D eigenvalue weighted by Crippen LogP contribution is -2.29. The minimum atomic E-state index is -0.497. The number of benzene rings is 1. The number of nitro benzene ring substituents is 1. The topological polar surface area (TPSA) is 75.4 Å². The van der Waals surface area contributed by atoms with Crippen molar-refractivity contribution in [2.24, 2.45) is 5.92 Å². The van der Waals surface area contributed by atoms with Crippen LogP contribution in [0, 0.1) is 16.0 Å². The Balaban J connectivity index is 3.07. The van der Waals surface area contributed by atoms with Crippen molar-refractivity contribution in [3.8, 4) is 0 Å². The minimum absolute atomic E-state index is 0.0865. The Labute approximate surface area is 105 Å². The van der Waals surface area contributed by atoms with Gasteiger partial charge in [0.1, 0.15) is 5.69 Å². The predicted octanol–water partition coefficient (Wildman–Crippen LogP) is 2.68. The lowest BCUT2D eigenvalue weighted by atomic mass is 10.0. The third-order valence-electron chi connectivity index (χ3n) is 2.52. The molecule has 17 heavy (non-hydrogen) atoms. The summed E-state index contributed by atoms with van der Waals surface area (Å²) in [6.45, 7) is 3.72. The third-order valence-corrected chi connectivity index (χ3v) is 2.83. The molecule has 0 aromatic heterocycles. The molecular formula is C11H15ClN2O3. The molecule has 0 saturated carbocycles. The maximum absolute atomic E-state index is 10.9. The van der Waals surface area contributed by atoms with E-state index < -0.39 is 4.92 Å². The van der Waals surface area contributed by atoms with Gasteiger partial charge in [-0.3, -0.25) is 10.1 Å². The van der Waals surface area contributed by atoms with E-state index in [1.807, 2.05) is 13.8 Å². The van der Waals surface area contributed by atoms with Crippen molar-refractivity contribution in [1.29, 1.82) is 0 Å². The number of hydrogen-bond acceptors (Lipinski definition) is 4. The fourth-order valence-electron chi connectivity index (χ4n) is 1.42. The molecule has 0 amide bonds. The Bertz CT molecular complexity index is 410. The lowest BCUT2D eigenvalue weighted by Gasteiger charge is -2.21. The smallest absolute Gasteiger partial charge is 0.293 e. The first-order valence-electron chi connectivity index (χ1n) is 5.27. The van der Waals surface area contributed by atoms with E-state index in [1.54, 1.807) is 6.07 Å². The van der Waals surface area contributed by atoms with Crippen LogP contribution in [0.5, 0.6) is 0 Å². The molecule has 0 bridgehead atoms. The van der Waals surface area contributed by atoms with E-state index in [9.17, 15) is 15.2 Å². The van der Waals surface area contributed by atoms with Crippen LogP contribution in [-0.4, -0.2) is 22.7 Å². The number of hydrogen-bond donors (Lipinski definition) is 2. The van der Waals surface area contributed by atoms with E-state index in [4.69, 9.17) is 11.6 Å². The first-order valence-corrected chi connectivity index (χ1v) is 5.65. The number of aliphatic hydroxyl groups is 1. The minimum Gasteiger partial charge on any atom is -0.394 e. The molecule has 0 spiro atoms. The fourth-order valence-corrected chi connectivity index (χ4v) is 1.64. The molecule has 2 N–H and O–H groups in total. The normalized spacial score (nSPS) is 12.5. The summed E-state index contributed by atoms with van der Waals surface area (Å²) in [5.74, 6) is 0.135. The highest BCUT2D eigenvalue weighted by molar-refractivity contribution is 6.33. The monoisotopic (exact) mass is 258 g/mol.